The second-order valence-electron chi connectivity index (χ2n) is 5.27. The number of aryl methyl sites for hydroxylation is 1. The van der Waals surface area contributed by atoms with Gasteiger partial charge in [-0.3, -0.25) is 4.79 Å². The molecule has 1 aromatic heterocycles. The van der Waals surface area contributed by atoms with E-state index in [0.717, 1.165) is 37.7 Å². The second kappa shape index (κ2) is 6.15. The lowest BCUT2D eigenvalue weighted by Gasteiger charge is -2.11. The Balaban J connectivity index is 1.84. The molecular weight excluding hydrogens is 290 g/mol. The van der Waals surface area contributed by atoms with E-state index in [1.165, 1.54) is 16.2 Å². The molecule has 1 saturated heterocycles. The van der Waals surface area contributed by atoms with Gasteiger partial charge in [0.15, 0.2) is 0 Å². The van der Waals surface area contributed by atoms with Crippen LogP contribution in [-0.2, 0) is 27.1 Å². The Morgan fingerprint density at radius 3 is 2.95 bits per heavy atom. The van der Waals surface area contributed by atoms with Gasteiger partial charge in [0.2, 0.25) is 0 Å². The van der Waals surface area contributed by atoms with Crippen LogP contribution in [0.2, 0.25) is 0 Å². The van der Waals surface area contributed by atoms with E-state index in [-0.39, 0.29) is 11.9 Å². The zero-order chi connectivity index (χ0) is 14.8. The van der Waals surface area contributed by atoms with Crippen molar-refractivity contribution in [2.24, 2.45) is 0 Å². The van der Waals surface area contributed by atoms with Gasteiger partial charge in [0.1, 0.15) is 11.1 Å². The van der Waals surface area contributed by atoms with Crippen molar-refractivity contribution in [3.63, 3.8) is 0 Å². The number of anilines is 1. The van der Waals surface area contributed by atoms with Crippen LogP contribution in [0.1, 0.15) is 47.0 Å². The third kappa shape index (κ3) is 2.82. The molecule has 6 heteroatoms. The minimum atomic E-state index is -0.392. The lowest BCUT2D eigenvalue weighted by atomic mass is 10.1. The van der Waals surface area contributed by atoms with E-state index in [1.54, 1.807) is 6.92 Å². The Labute approximate surface area is 127 Å². The highest BCUT2D eigenvalue weighted by Gasteiger charge is 2.30. The monoisotopic (exact) mass is 309 g/mol. The van der Waals surface area contributed by atoms with Gasteiger partial charge in [-0.05, 0) is 44.6 Å². The fourth-order valence-corrected chi connectivity index (χ4v) is 4.17. The lowest BCUT2D eigenvalue weighted by molar-refractivity contribution is -0.124. The van der Waals surface area contributed by atoms with Crippen molar-refractivity contribution in [3.8, 4) is 0 Å². The maximum atomic E-state index is 12.2. The summed E-state index contributed by atoms with van der Waals surface area (Å²) < 4.78 is 10.5. The topological polar surface area (TPSA) is 64.6 Å². The molecule has 5 nitrogen and oxygen atoms in total. The van der Waals surface area contributed by atoms with Gasteiger partial charge >= 0.3 is 5.97 Å². The molecule has 1 aliphatic carbocycles. The van der Waals surface area contributed by atoms with Gasteiger partial charge in [0, 0.05) is 11.5 Å². The maximum absolute atomic E-state index is 12.2. The molecular formula is C15H19NO4S. The molecule has 0 spiro atoms. The minimum absolute atomic E-state index is 0.155. The number of amides is 1. The van der Waals surface area contributed by atoms with Crippen molar-refractivity contribution in [2.75, 3.05) is 18.5 Å². The highest BCUT2D eigenvalue weighted by molar-refractivity contribution is 7.17. The summed E-state index contributed by atoms with van der Waals surface area (Å²) in [5.41, 5.74) is 1.61. The van der Waals surface area contributed by atoms with Gasteiger partial charge in [-0.25, -0.2) is 4.79 Å². The second-order valence-corrected chi connectivity index (χ2v) is 6.38. The van der Waals surface area contributed by atoms with E-state index in [4.69, 9.17) is 9.47 Å². The third-order valence-electron chi connectivity index (χ3n) is 3.86. The van der Waals surface area contributed by atoms with Gasteiger partial charge in [-0.2, -0.15) is 0 Å². The molecule has 0 radical (unpaired) electrons. The van der Waals surface area contributed by atoms with E-state index in [9.17, 15) is 9.59 Å². The first-order valence-electron chi connectivity index (χ1n) is 7.44. The SMILES string of the molecule is CCOC(=O)c1c(NC(=O)[C@H]2CCCO2)sc2c1CCC2. The molecule has 0 saturated carbocycles. The normalized spacial score (nSPS) is 20.3. The maximum Gasteiger partial charge on any atom is 0.341 e. The van der Waals surface area contributed by atoms with Gasteiger partial charge in [0.05, 0.1) is 12.2 Å². The highest BCUT2D eigenvalue weighted by atomic mass is 32.1. The fraction of sp³-hybridized carbons (Fsp3) is 0.600. The number of hydrogen-bond donors (Lipinski definition) is 1. The summed E-state index contributed by atoms with van der Waals surface area (Å²) in [7, 11) is 0. The molecule has 1 aliphatic heterocycles. The Bertz CT molecular complexity index is 560. The standard InChI is InChI=1S/C15H19NO4S/c1-2-19-15(18)12-9-5-3-7-11(9)21-14(12)16-13(17)10-6-4-8-20-10/h10H,2-8H2,1H3,(H,16,17)/t10-/m1/s1. The van der Waals surface area contributed by atoms with Crippen LogP contribution in [0.3, 0.4) is 0 Å². The van der Waals surface area contributed by atoms with Gasteiger partial charge < -0.3 is 14.8 Å². The van der Waals surface area contributed by atoms with Crippen LogP contribution in [0.4, 0.5) is 5.00 Å². The van der Waals surface area contributed by atoms with E-state index < -0.39 is 6.10 Å². The molecule has 1 N–H and O–H groups in total. The molecule has 3 rings (SSSR count). The number of ether oxygens (including phenoxy) is 2. The summed E-state index contributed by atoms with van der Waals surface area (Å²) in [4.78, 5) is 25.6. The van der Waals surface area contributed by atoms with Crippen molar-refractivity contribution in [1.82, 2.24) is 0 Å². The van der Waals surface area contributed by atoms with Crippen LogP contribution in [-0.4, -0.2) is 31.2 Å². The fourth-order valence-electron chi connectivity index (χ4n) is 2.89. The minimum Gasteiger partial charge on any atom is -0.462 e. The van der Waals surface area contributed by atoms with Gasteiger partial charge in [-0.1, -0.05) is 0 Å². The number of thiophene rings is 1. The number of nitrogens with one attached hydrogen (secondary N) is 1. The first-order chi connectivity index (χ1) is 10.2. The van der Waals surface area contributed by atoms with Crippen LogP contribution in [0, 0.1) is 0 Å². The molecule has 1 atom stereocenters. The molecule has 1 amide bonds. The van der Waals surface area contributed by atoms with Crippen molar-refractivity contribution in [1.29, 1.82) is 0 Å². The van der Waals surface area contributed by atoms with E-state index >= 15 is 0 Å². The number of carbonyl (C=O) groups excluding carboxylic acids is 2. The zero-order valence-electron chi connectivity index (χ0n) is 12.1. The number of hydrogen-bond acceptors (Lipinski definition) is 5. The lowest BCUT2D eigenvalue weighted by Crippen LogP contribution is -2.27. The first-order valence-corrected chi connectivity index (χ1v) is 8.26. The van der Waals surface area contributed by atoms with Crippen LogP contribution < -0.4 is 5.32 Å². The van der Waals surface area contributed by atoms with Crippen LogP contribution in [0.25, 0.3) is 0 Å². The van der Waals surface area contributed by atoms with E-state index in [0.29, 0.717) is 23.8 Å². The van der Waals surface area contributed by atoms with Crippen molar-refractivity contribution in [3.05, 3.63) is 16.0 Å². The summed E-state index contributed by atoms with van der Waals surface area (Å²) >= 11 is 1.50. The first kappa shape index (κ1) is 14.5. The highest BCUT2D eigenvalue weighted by Crippen LogP contribution is 2.39. The summed E-state index contributed by atoms with van der Waals surface area (Å²) in [6.45, 7) is 2.75. The number of rotatable bonds is 4. The van der Waals surface area contributed by atoms with Crippen LogP contribution in [0.15, 0.2) is 0 Å². The largest absolute Gasteiger partial charge is 0.462 e. The quantitative estimate of drug-likeness (QED) is 0.868. The zero-order valence-corrected chi connectivity index (χ0v) is 12.9. The third-order valence-corrected chi connectivity index (χ3v) is 5.07. The Morgan fingerprint density at radius 1 is 1.38 bits per heavy atom. The van der Waals surface area contributed by atoms with Crippen LogP contribution in [0.5, 0.6) is 0 Å². The predicted octanol–water partition coefficient (Wildman–Crippen LogP) is 2.53. The van der Waals surface area contributed by atoms with Crippen molar-refractivity contribution in [2.45, 2.75) is 45.1 Å². The Morgan fingerprint density at radius 2 is 2.24 bits per heavy atom. The summed E-state index contributed by atoms with van der Waals surface area (Å²) in [5.74, 6) is -0.488. The summed E-state index contributed by atoms with van der Waals surface area (Å²) in [6, 6.07) is 0. The van der Waals surface area contributed by atoms with E-state index in [1.807, 2.05) is 0 Å². The average Bonchev–Trinajstić information content (AvgIpc) is 3.14. The predicted molar refractivity (Wildman–Crippen MR) is 79.9 cm³/mol. The van der Waals surface area contributed by atoms with Crippen LogP contribution >= 0.6 is 11.3 Å². The molecule has 2 aliphatic rings. The number of fused-ring (bicyclic) bond motifs is 1. The molecule has 114 valence electrons. The summed E-state index contributed by atoms with van der Waals surface area (Å²) in [5, 5.41) is 3.50. The Hall–Kier alpha value is -1.40. The van der Waals surface area contributed by atoms with Gasteiger partial charge in [0.25, 0.3) is 5.91 Å². The summed E-state index contributed by atoms with van der Waals surface area (Å²) in [6.07, 6.45) is 4.18. The molecule has 0 aromatic carbocycles. The molecule has 0 bridgehead atoms. The molecule has 2 heterocycles. The molecule has 1 fully saturated rings. The van der Waals surface area contributed by atoms with Crippen molar-refractivity contribution >= 4 is 28.2 Å². The van der Waals surface area contributed by atoms with Gasteiger partial charge in [-0.15, -0.1) is 11.3 Å². The van der Waals surface area contributed by atoms with Crippen molar-refractivity contribution < 1.29 is 19.1 Å². The number of carbonyl (C=O) groups is 2. The Kier molecular flexibility index (Phi) is 4.26. The molecule has 21 heavy (non-hydrogen) atoms. The van der Waals surface area contributed by atoms with E-state index in [2.05, 4.69) is 5.32 Å². The number of esters is 1. The molecule has 1 aromatic rings. The smallest absolute Gasteiger partial charge is 0.341 e. The molecule has 0 unspecified atom stereocenters. The average molecular weight is 309 g/mol.